The molecule has 3 heterocycles. The molecule has 1 fully saturated rings. The molecule has 0 bridgehead atoms. The van der Waals surface area contributed by atoms with Crippen molar-refractivity contribution in [2.24, 2.45) is 4.99 Å². The molecule has 1 unspecified atom stereocenters. The van der Waals surface area contributed by atoms with Gasteiger partial charge in [-0.3, -0.25) is 14.7 Å². The first-order valence-corrected chi connectivity index (χ1v) is 11.4. The maximum Gasteiger partial charge on any atom is 0.268 e. The molecular formula is C19H25ClIN7O4. The van der Waals surface area contributed by atoms with Gasteiger partial charge in [-0.1, -0.05) is 23.7 Å². The van der Waals surface area contributed by atoms with E-state index in [1.807, 2.05) is 18.2 Å². The van der Waals surface area contributed by atoms with Crippen molar-refractivity contribution in [1.82, 2.24) is 31.0 Å². The predicted octanol–water partition coefficient (Wildman–Crippen LogP) is -1.59. The van der Waals surface area contributed by atoms with Gasteiger partial charge in [-0.05, 0) is 47.3 Å². The van der Waals surface area contributed by atoms with Gasteiger partial charge in [-0.2, -0.15) is 0 Å². The summed E-state index contributed by atoms with van der Waals surface area (Å²) >= 11 is 8.88. The van der Waals surface area contributed by atoms with Crippen LogP contribution in [0.3, 0.4) is 0 Å². The number of benzene rings is 1. The lowest BCUT2D eigenvalue weighted by atomic mass is 10.1. The molecule has 1 aromatic heterocycles. The van der Waals surface area contributed by atoms with Gasteiger partial charge in [0, 0.05) is 17.2 Å². The fourth-order valence-electron chi connectivity index (χ4n) is 3.57. The van der Waals surface area contributed by atoms with Crippen molar-refractivity contribution in [3.63, 3.8) is 0 Å². The summed E-state index contributed by atoms with van der Waals surface area (Å²) in [5.41, 5.74) is 4.01. The van der Waals surface area contributed by atoms with Crippen molar-refractivity contribution in [3.05, 3.63) is 50.6 Å². The van der Waals surface area contributed by atoms with Crippen LogP contribution in [0.15, 0.2) is 35.6 Å². The van der Waals surface area contributed by atoms with Gasteiger partial charge in [0.05, 0.1) is 12.9 Å². The zero-order valence-electron chi connectivity index (χ0n) is 17.4. The third kappa shape index (κ3) is 4.72. The van der Waals surface area contributed by atoms with Crippen molar-refractivity contribution in [2.75, 3.05) is 20.7 Å². The Morgan fingerprint density at radius 3 is 2.88 bits per heavy atom. The Morgan fingerprint density at radius 1 is 1.34 bits per heavy atom. The maximum atomic E-state index is 10.6. The van der Waals surface area contributed by atoms with Gasteiger partial charge in [0.15, 0.2) is 11.7 Å². The van der Waals surface area contributed by atoms with Gasteiger partial charge < -0.3 is 25.6 Å². The summed E-state index contributed by atoms with van der Waals surface area (Å²) in [6, 6.07) is 8.11. The highest BCUT2D eigenvalue weighted by Crippen LogP contribution is 2.28. The minimum Gasteiger partial charge on any atom is -0.387 e. The Labute approximate surface area is 203 Å². The Balaban J connectivity index is 1.68. The SMILES string of the molecule is CNOC[C@H]1O[C@@H](n2cnc3c2=NC(Cl)(NC)NC=3NCc2cccc(I)c2)[C@H](O)[C@@H]1O. The Hall–Kier alpha value is -1.52. The fourth-order valence-corrected chi connectivity index (χ4v) is 4.35. The van der Waals surface area contributed by atoms with Crippen molar-refractivity contribution in [1.29, 1.82) is 0 Å². The van der Waals surface area contributed by atoms with Crippen molar-refractivity contribution in [2.45, 2.75) is 36.3 Å². The normalized spacial score (nSPS) is 29.4. The van der Waals surface area contributed by atoms with Crippen molar-refractivity contribution < 1.29 is 19.8 Å². The molecule has 2 aromatic rings. The number of halogens is 2. The fraction of sp³-hybridized carbons (Fsp3) is 0.474. The van der Waals surface area contributed by atoms with Gasteiger partial charge >= 0.3 is 0 Å². The number of imidazole rings is 1. The van der Waals surface area contributed by atoms with E-state index in [0.717, 1.165) is 9.13 Å². The molecule has 0 saturated carbocycles. The second kappa shape index (κ2) is 9.77. The number of hydrogen-bond donors (Lipinski definition) is 6. The third-order valence-electron chi connectivity index (χ3n) is 5.25. The number of nitrogens with zero attached hydrogens (tertiary/aromatic N) is 3. The number of nitrogens with one attached hydrogen (secondary N) is 4. The summed E-state index contributed by atoms with van der Waals surface area (Å²) in [6.07, 6.45) is -2.48. The predicted molar refractivity (Wildman–Crippen MR) is 124 cm³/mol. The molecule has 2 aliphatic heterocycles. The van der Waals surface area contributed by atoms with Gasteiger partial charge in [-0.15, -0.1) is 0 Å². The van der Waals surface area contributed by atoms with Gasteiger partial charge in [-0.25, -0.2) is 15.5 Å². The second-order valence-corrected chi connectivity index (χ2v) is 9.15. The van der Waals surface area contributed by atoms with Crippen LogP contribution in [0.4, 0.5) is 0 Å². The van der Waals surface area contributed by atoms with Gasteiger partial charge in [0.2, 0.25) is 0 Å². The first-order valence-electron chi connectivity index (χ1n) is 9.96. The van der Waals surface area contributed by atoms with E-state index in [4.69, 9.17) is 21.2 Å². The zero-order chi connectivity index (χ0) is 22.9. The van der Waals surface area contributed by atoms with E-state index in [-0.39, 0.29) is 6.61 Å². The first kappa shape index (κ1) is 23.6. The van der Waals surface area contributed by atoms with Crippen molar-refractivity contribution in [3.8, 4) is 0 Å². The second-order valence-electron chi connectivity index (χ2n) is 7.35. The molecule has 11 nitrogen and oxygen atoms in total. The Morgan fingerprint density at radius 2 is 2.16 bits per heavy atom. The molecule has 13 heteroatoms. The summed E-state index contributed by atoms with van der Waals surface area (Å²) in [7, 11) is 3.27. The lowest BCUT2D eigenvalue weighted by molar-refractivity contribution is -0.0839. The molecule has 6 N–H and O–H groups in total. The number of aromatic nitrogens is 2. The van der Waals surface area contributed by atoms with E-state index in [0.29, 0.717) is 23.2 Å². The molecule has 4 rings (SSSR count). The van der Waals surface area contributed by atoms with Crippen LogP contribution in [-0.4, -0.2) is 64.0 Å². The molecule has 1 aromatic carbocycles. The van der Waals surface area contributed by atoms with E-state index in [9.17, 15) is 10.2 Å². The van der Waals surface area contributed by atoms with Crippen LogP contribution in [-0.2, 0) is 16.1 Å². The van der Waals surface area contributed by atoms with E-state index < -0.39 is 29.8 Å². The standard InChI is InChI=1S/C19H25ClIN7O4/c1-22-19(20)26-16(24-7-10-4-3-5-11(21)6-10)13-17(27-19)28(9-25-13)18-15(30)14(29)12(32-18)8-31-23-2/h3-6,9,12,14-15,18,22-24,26,29-30H,7-8H2,1-2H3/t12-,14-,15-,18-,19?/m1/s1. The van der Waals surface area contributed by atoms with Crippen LogP contribution in [0, 0.1) is 3.57 Å². The molecule has 0 radical (unpaired) electrons. The number of aliphatic hydroxyl groups is 2. The smallest absolute Gasteiger partial charge is 0.268 e. The highest BCUT2D eigenvalue weighted by atomic mass is 127. The summed E-state index contributed by atoms with van der Waals surface area (Å²) in [6.45, 7) is 0.596. The van der Waals surface area contributed by atoms with Crippen LogP contribution < -0.4 is 32.3 Å². The van der Waals surface area contributed by atoms with Crippen LogP contribution in [0.25, 0.3) is 5.82 Å². The Kier molecular flexibility index (Phi) is 7.21. The number of rotatable bonds is 8. The van der Waals surface area contributed by atoms with Crippen LogP contribution >= 0.6 is 34.2 Å². The summed E-state index contributed by atoms with van der Waals surface area (Å²) in [5.74, 6) is 0.570. The molecule has 174 valence electrons. The quantitative estimate of drug-likeness (QED) is 0.0949. The monoisotopic (exact) mass is 577 g/mol. The number of hydrogen-bond acceptors (Lipinski definition) is 10. The molecular weight excluding hydrogens is 553 g/mol. The van der Waals surface area contributed by atoms with E-state index in [2.05, 4.69) is 60.1 Å². The van der Waals surface area contributed by atoms with Crippen LogP contribution in [0.1, 0.15) is 11.8 Å². The third-order valence-corrected chi connectivity index (χ3v) is 6.29. The largest absolute Gasteiger partial charge is 0.387 e. The van der Waals surface area contributed by atoms with Crippen LogP contribution in [0.2, 0.25) is 0 Å². The molecule has 0 amide bonds. The van der Waals surface area contributed by atoms with Crippen molar-refractivity contribution >= 4 is 40.0 Å². The lowest BCUT2D eigenvalue weighted by Crippen LogP contribution is -2.59. The number of fused-ring (bicyclic) bond motifs is 1. The minimum atomic E-state index is -1.34. The Bertz CT molecular complexity index is 1090. The molecule has 1 saturated heterocycles. The van der Waals surface area contributed by atoms with E-state index >= 15 is 0 Å². The molecule has 0 aliphatic carbocycles. The first-order chi connectivity index (χ1) is 15.3. The summed E-state index contributed by atoms with van der Waals surface area (Å²) in [5, 5.41) is 29.5. The number of aliphatic hydroxyl groups excluding tert-OH is 2. The minimum absolute atomic E-state index is 0.0611. The lowest BCUT2D eigenvalue weighted by Gasteiger charge is -2.29. The highest BCUT2D eigenvalue weighted by Gasteiger charge is 2.45. The summed E-state index contributed by atoms with van der Waals surface area (Å²) < 4.78 is 8.55. The number of ether oxygens (including phenoxy) is 1. The van der Waals surface area contributed by atoms with Gasteiger partial charge in [0.25, 0.3) is 5.25 Å². The van der Waals surface area contributed by atoms with E-state index in [1.165, 1.54) is 6.33 Å². The van der Waals surface area contributed by atoms with E-state index in [1.54, 1.807) is 18.7 Å². The molecule has 32 heavy (non-hydrogen) atoms. The topological polar surface area (TPSA) is 137 Å². The number of alkyl halides is 1. The maximum absolute atomic E-state index is 10.6. The van der Waals surface area contributed by atoms with Gasteiger partial charge in [0.1, 0.15) is 29.5 Å². The summed E-state index contributed by atoms with van der Waals surface area (Å²) in [4.78, 5) is 14.1. The van der Waals surface area contributed by atoms with Crippen LogP contribution in [0.5, 0.6) is 0 Å². The average molecular weight is 578 g/mol. The average Bonchev–Trinajstić information content (AvgIpc) is 3.31. The molecule has 2 aliphatic rings. The molecule has 0 spiro atoms. The zero-order valence-corrected chi connectivity index (χ0v) is 20.3. The number of hydroxylamine groups is 1. The molecule has 5 atom stereocenters. The highest BCUT2D eigenvalue weighted by molar-refractivity contribution is 14.1.